The lowest BCUT2D eigenvalue weighted by molar-refractivity contribution is -0.114. The van der Waals surface area contributed by atoms with Gasteiger partial charge in [0.25, 0.3) is 0 Å². The first-order chi connectivity index (χ1) is 8.93. The minimum atomic E-state index is -3.48. The monoisotopic (exact) mass is 284 g/mol. The molecule has 0 radical (unpaired) electrons. The smallest absolute Gasteiger partial charge is 0.243 e. The highest BCUT2D eigenvalue weighted by Crippen LogP contribution is 2.25. The van der Waals surface area contributed by atoms with E-state index in [0.717, 1.165) is 0 Å². The highest BCUT2D eigenvalue weighted by molar-refractivity contribution is 7.89. The zero-order valence-corrected chi connectivity index (χ0v) is 11.4. The van der Waals surface area contributed by atoms with Gasteiger partial charge < -0.3 is 10.4 Å². The number of aliphatic hydroxyl groups is 1. The molecule has 2 N–H and O–H groups in total. The van der Waals surface area contributed by atoms with Gasteiger partial charge in [0.2, 0.25) is 15.9 Å². The van der Waals surface area contributed by atoms with Crippen LogP contribution in [0.15, 0.2) is 29.2 Å². The fraction of sp³-hybridized carbons (Fsp3) is 0.417. The van der Waals surface area contributed by atoms with Crippen molar-refractivity contribution in [1.29, 1.82) is 0 Å². The Balaban J connectivity index is 2.11. The van der Waals surface area contributed by atoms with Crippen LogP contribution < -0.4 is 5.32 Å². The number of amides is 1. The molecular weight excluding hydrogens is 268 g/mol. The molecule has 7 heteroatoms. The van der Waals surface area contributed by atoms with Crippen molar-refractivity contribution < 1.29 is 18.3 Å². The molecule has 1 aliphatic rings. The molecule has 0 unspecified atom stereocenters. The summed E-state index contributed by atoms with van der Waals surface area (Å²) in [5, 5.41) is 11.5. The van der Waals surface area contributed by atoms with Crippen LogP contribution in [0.1, 0.15) is 6.92 Å². The third-order valence-corrected chi connectivity index (χ3v) is 4.84. The highest BCUT2D eigenvalue weighted by atomic mass is 32.2. The Morgan fingerprint density at radius 3 is 2.42 bits per heavy atom. The van der Waals surface area contributed by atoms with Crippen molar-refractivity contribution in [3.05, 3.63) is 24.3 Å². The van der Waals surface area contributed by atoms with Gasteiger partial charge in [-0.3, -0.25) is 4.79 Å². The van der Waals surface area contributed by atoms with Crippen LogP contribution in [0.25, 0.3) is 0 Å². The first kappa shape index (κ1) is 14.0. The molecule has 0 saturated carbocycles. The second-order valence-corrected chi connectivity index (χ2v) is 6.51. The van der Waals surface area contributed by atoms with Gasteiger partial charge in [-0.2, -0.15) is 4.31 Å². The second kappa shape index (κ2) is 5.28. The van der Waals surface area contributed by atoms with Crippen LogP contribution in [0.3, 0.4) is 0 Å². The predicted molar refractivity (Wildman–Crippen MR) is 70.1 cm³/mol. The van der Waals surface area contributed by atoms with Gasteiger partial charge in [-0.25, -0.2) is 8.42 Å². The first-order valence-corrected chi connectivity index (χ1v) is 7.36. The summed E-state index contributed by atoms with van der Waals surface area (Å²) < 4.78 is 25.7. The Kier molecular flexibility index (Phi) is 3.88. The SMILES string of the molecule is CC(=O)Nc1ccc(S(=O)(=O)N2CC(CO)C2)cc1. The van der Waals surface area contributed by atoms with E-state index in [-0.39, 0.29) is 23.3 Å². The number of nitrogens with zero attached hydrogens (tertiary/aromatic N) is 1. The number of aliphatic hydroxyl groups excluding tert-OH is 1. The Labute approximate surface area is 112 Å². The first-order valence-electron chi connectivity index (χ1n) is 5.92. The molecule has 6 nitrogen and oxygen atoms in total. The second-order valence-electron chi connectivity index (χ2n) is 4.58. The maximum atomic E-state index is 12.2. The molecule has 0 aliphatic carbocycles. The van der Waals surface area contributed by atoms with Crippen molar-refractivity contribution in [3.63, 3.8) is 0 Å². The van der Waals surface area contributed by atoms with Crippen LogP contribution in [-0.4, -0.2) is 43.4 Å². The molecule has 1 saturated heterocycles. The van der Waals surface area contributed by atoms with E-state index in [1.54, 1.807) is 12.1 Å². The molecule has 0 bridgehead atoms. The number of hydrogen-bond donors (Lipinski definition) is 2. The lowest BCUT2D eigenvalue weighted by Crippen LogP contribution is -2.51. The molecule has 1 fully saturated rings. The van der Waals surface area contributed by atoms with Crippen LogP contribution >= 0.6 is 0 Å². The van der Waals surface area contributed by atoms with Gasteiger partial charge in [0.15, 0.2) is 0 Å². The summed E-state index contributed by atoms with van der Waals surface area (Å²) in [7, 11) is -3.48. The van der Waals surface area contributed by atoms with Gasteiger partial charge in [-0.1, -0.05) is 0 Å². The molecule has 19 heavy (non-hydrogen) atoms. The van der Waals surface area contributed by atoms with Crippen molar-refractivity contribution in [1.82, 2.24) is 4.31 Å². The number of anilines is 1. The van der Waals surface area contributed by atoms with Crippen molar-refractivity contribution in [3.8, 4) is 0 Å². The summed E-state index contributed by atoms with van der Waals surface area (Å²) in [6, 6.07) is 6.04. The van der Waals surface area contributed by atoms with Crippen molar-refractivity contribution in [2.24, 2.45) is 5.92 Å². The van der Waals surface area contributed by atoms with Crippen LogP contribution in [0.5, 0.6) is 0 Å². The number of rotatable bonds is 4. The molecule has 0 atom stereocenters. The largest absolute Gasteiger partial charge is 0.396 e. The van der Waals surface area contributed by atoms with Crippen LogP contribution in [0, 0.1) is 5.92 Å². The van der Waals surface area contributed by atoms with Gasteiger partial charge in [0.05, 0.1) is 4.90 Å². The lowest BCUT2D eigenvalue weighted by atomic mass is 10.1. The molecule has 1 heterocycles. The third-order valence-electron chi connectivity index (χ3n) is 2.99. The molecule has 0 aromatic heterocycles. The predicted octanol–water partition coefficient (Wildman–Crippen LogP) is 0.258. The van der Waals surface area contributed by atoms with E-state index in [4.69, 9.17) is 5.11 Å². The zero-order chi connectivity index (χ0) is 14.0. The number of nitrogens with one attached hydrogen (secondary N) is 1. The van der Waals surface area contributed by atoms with Gasteiger partial charge in [-0.15, -0.1) is 0 Å². The summed E-state index contributed by atoms with van der Waals surface area (Å²) in [6.07, 6.45) is 0. The Hall–Kier alpha value is -1.44. The van der Waals surface area contributed by atoms with Crippen molar-refractivity contribution in [2.75, 3.05) is 25.0 Å². The van der Waals surface area contributed by atoms with Gasteiger partial charge in [0.1, 0.15) is 0 Å². The van der Waals surface area contributed by atoms with E-state index in [1.165, 1.54) is 23.4 Å². The molecule has 0 spiro atoms. The molecule has 1 amide bonds. The lowest BCUT2D eigenvalue weighted by Gasteiger charge is -2.36. The molecule has 104 valence electrons. The zero-order valence-electron chi connectivity index (χ0n) is 10.5. The number of hydrogen-bond acceptors (Lipinski definition) is 4. The van der Waals surface area contributed by atoms with Gasteiger partial charge >= 0.3 is 0 Å². The number of carbonyl (C=O) groups excluding carboxylic acids is 1. The molecule has 1 aromatic rings. The molecular formula is C12H16N2O4S. The Bertz CT molecular complexity index is 562. The van der Waals surface area contributed by atoms with Crippen molar-refractivity contribution >= 4 is 21.6 Å². The molecule has 1 aromatic carbocycles. The number of carbonyl (C=O) groups is 1. The fourth-order valence-corrected chi connectivity index (χ4v) is 3.49. The van der Waals surface area contributed by atoms with Crippen LogP contribution in [0.4, 0.5) is 5.69 Å². The fourth-order valence-electron chi connectivity index (χ4n) is 1.90. The number of benzene rings is 1. The van der Waals surface area contributed by atoms with E-state index in [1.807, 2.05) is 0 Å². The van der Waals surface area contributed by atoms with Crippen LogP contribution in [0.2, 0.25) is 0 Å². The van der Waals surface area contributed by atoms with Gasteiger partial charge in [0, 0.05) is 38.2 Å². The normalized spacial score (nSPS) is 16.9. The summed E-state index contributed by atoms with van der Waals surface area (Å²) in [5.74, 6) is -0.169. The Morgan fingerprint density at radius 1 is 1.37 bits per heavy atom. The maximum absolute atomic E-state index is 12.2. The maximum Gasteiger partial charge on any atom is 0.243 e. The van der Waals surface area contributed by atoms with Crippen molar-refractivity contribution in [2.45, 2.75) is 11.8 Å². The summed E-state index contributed by atoms with van der Waals surface area (Å²) in [6.45, 7) is 2.10. The Morgan fingerprint density at radius 2 is 1.95 bits per heavy atom. The van der Waals surface area contributed by atoms with E-state index in [2.05, 4.69) is 5.32 Å². The van der Waals surface area contributed by atoms with Gasteiger partial charge in [-0.05, 0) is 24.3 Å². The topological polar surface area (TPSA) is 86.7 Å². The summed E-state index contributed by atoms with van der Waals surface area (Å²) in [4.78, 5) is 11.1. The number of sulfonamides is 1. The minimum absolute atomic E-state index is 0.00743. The third kappa shape index (κ3) is 2.94. The molecule has 2 rings (SSSR count). The summed E-state index contributed by atoms with van der Waals surface area (Å²) >= 11 is 0. The van der Waals surface area contributed by atoms with Crippen LogP contribution in [-0.2, 0) is 14.8 Å². The van der Waals surface area contributed by atoms with E-state index in [0.29, 0.717) is 18.8 Å². The average molecular weight is 284 g/mol. The van der Waals surface area contributed by atoms with E-state index in [9.17, 15) is 13.2 Å². The molecule has 1 aliphatic heterocycles. The summed E-state index contributed by atoms with van der Waals surface area (Å²) in [5.41, 5.74) is 0.559. The van der Waals surface area contributed by atoms with E-state index < -0.39 is 10.0 Å². The highest BCUT2D eigenvalue weighted by Gasteiger charge is 2.36. The minimum Gasteiger partial charge on any atom is -0.396 e. The standard InChI is InChI=1S/C12H16N2O4S/c1-9(16)13-11-2-4-12(5-3-11)19(17,18)14-6-10(7-14)8-15/h2-5,10,15H,6-8H2,1H3,(H,13,16). The average Bonchev–Trinajstić information content (AvgIpc) is 2.27. The van der Waals surface area contributed by atoms with E-state index >= 15 is 0 Å². The quantitative estimate of drug-likeness (QED) is 0.830.